The van der Waals surface area contributed by atoms with Gasteiger partial charge in [0.05, 0.1) is 21.2 Å². The molecular formula is C21H17FN2O4S. The zero-order chi connectivity index (χ0) is 20.9. The Hall–Kier alpha value is -3.26. The molecule has 1 unspecified atom stereocenters. The van der Waals surface area contributed by atoms with Gasteiger partial charge in [-0.15, -0.1) is 11.3 Å². The third-order valence-corrected chi connectivity index (χ3v) is 5.75. The highest BCUT2D eigenvalue weighted by molar-refractivity contribution is 7.14. The van der Waals surface area contributed by atoms with E-state index < -0.39 is 29.3 Å². The first kappa shape index (κ1) is 19.1. The maximum atomic E-state index is 13.8. The van der Waals surface area contributed by atoms with Crippen LogP contribution in [0.2, 0.25) is 0 Å². The summed E-state index contributed by atoms with van der Waals surface area (Å²) < 4.78 is 19.5. The number of halogens is 1. The van der Waals surface area contributed by atoms with E-state index in [0.717, 1.165) is 0 Å². The maximum Gasteiger partial charge on any atom is 0.294 e. The van der Waals surface area contributed by atoms with Gasteiger partial charge in [0.2, 0.25) is 5.78 Å². The molecule has 1 N–H and O–H groups in total. The summed E-state index contributed by atoms with van der Waals surface area (Å²) in [6, 6.07) is 7.72. The van der Waals surface area contributed by atoms with Crippen LogP contribution in [0, 0.1) is 26.6 Å². The molecule has 8 heteroatoms. The minimum atomic E-state index is -1.02. The number of carbonyl (C=O) groups is 2. The molecule has 6 nitrogen and oxygen atoms in total. The van der Waals surface area contributed by atoms with E-state index in [2.05, 4.69) is 4.98 Å². The summed E-state index contributed by atoms with van der Waals surface area (Å²) in [5.41, 5.74) is 0.616. The highest BCUT2D eigenvalue weighted by atomic mass is 32.1. The largest absolute Gasteiger partial charge is 0.503 e. The Morgan fingerprint density at radius 1 is 1.24 bits per heavy atom. The van der Waals surface area contributed by atoms with Crippen molar-refractivity contribution in [1.82, 2.24) is 4.98 Å². The Labute approximate surface area is 169 Å². The van der Waals surface area contributed by atoms with Gasteiger partial charge in [0, 0.05) is 5.69 Å². The van der Waals surface area contributed by atoms with Gasteiger partial charge < -0.3 is 9.52 Å². The fourth-order valence-corrected chi connectivity index (χ4v) is 4.34. The van der Waals surface area contributed by atoms with Crippen LogP contribution in [0.4, 0.5) is 10.1 Å². The third kappa shape index (κ3) is 3.15. The average Bonchev–Trinajstić information content (AvgIpc) is 3.31. The van der Waals surface area contributed by atoms with Gasteiger partial charge in [-0.1, -0.05) is 6.07 Å². The highest BCUT2D eigenvalue weighted by Crippen LogP contribution is 2.43. The number of ketones is 1. The van der Waals surface area contributed by atoms with Crippen LogP contribution in [-0.4, -0.2) is 21.8 Å². The summed E-state index contributed by atoms with van der Waals surface area (Å²) in [4.78, 5) is 32.0. The van der Waals surface area contributed by atoms with Gasteiger partial charge >= 0.3 is 0 Å². The van der Waals surface area contributed by atoms with E-state index in [0.29, 0.717) is 27.1 Å². The number of anilines is 1. The molecule has 4 rings (SSSR count). The van der Waals surface area contributed by atoms with Crippen LogP contribution in [0.25, 0.3) is 0 Å². The molecule has 1 atom stereocenters. The summed E-state index contributed by atoms with van der Waals surface area (Å²) in [6.07, 6.45) is 0. The molecule has 1 aliphatic rings. The van der Waals surface area contributed by atoms with Crippen LogP contribution in [0.5, 0.6) is 0 Å². The number of benzene rings is 1. The molecule has 0 radical (unpaired) electrons. The average molecular weight is 412 g/mol. The van der Waals surface area contributed by atoms with Crippen molar-refractivity contribution in [3.63, 3.8) is 0 Å². The molecule has 0 saturated carbocycles. The second kappa shape index (κ2) is 6.97. The Bertz CT molecular complexity index is 1180. The van der Waals surface area contributed by atoms with Gasteiger partial charge in [0.1, 0.15) is 23.4 Å². The second-order valence-electron chi connectivity index (χ2n) is 6.74. The van der Waals surface area contributed by atoms with Gasteiger partial charge in [-0.25, -0.2) is 9.37 Å². The first-order valence-corrected chi connectivity index (χ1v) is 9.67. The Morgan fingerprint density at radius 3 is 2.59 bits per heavy atom. The molecule has 1 amide bonds. The summed E-state index contributed by atoms with van der Waals surface area (Å²) >= 11 is 1.19. The standard InChI is InChI=1S/C21H17FN2O4S/c1-10-7-8-15(28-10)17-16(18(25)20-11(2)23-12(3)29-20)19(26)21(27)24(17)14-6-4-5-13(22)9-14/h4-9,17,26H,1-3H3. The number of aromatic nitrogens is 1. The van der Waals surface area contributed by atoms with Gasteiger partial charge in [-0.3, -0.25) is 14.5 Å². The van der Waals surface area contributed by atoms with Crippen molar-refractivity contribution in [3.05, 3.63) is 80.6 Å². The van der Waals surface area contributed by atoms with E-state index in [1.54, 1.807) is 32.9 Å². The van der Waals surface area contributed by atoms with Crippen LogP contribution >= 0.6 is 11.3 Å². The number of hydrogen-bond acceptors (Lipinski definition) is 6. The van der Waals surface area contributed by atoms with Gasteiger partial charge in [-0.2, -0.15) is 0 Å². The van der Waals surface area contributed by atoms with Crippen molar-refractivity contribution < 1.29 is 23.5 Å². The lowest BCUT2D eigenvalue weighted by molar-refractivity contribution is -0.117. The molecule has 148 valence electrons. The van der Waals surface area contributed by atoms with Crippen LogP contribution in [0.1, 0.15) is 37.9 Å². The van der Waals surface area contributed by atoms with Crippen LogP contribution in [0.15, 0.2) is 52.1 Å². The summed E-state index contributed by atoms with van der Waals surface area (Å²) in [6.45, 7) is 5.20. The van der Waals surface area contributed by atoms with Gasteiger partial charge in [0.15, 0.2) is 5.76 Å². The van der Waals surface area contributed by atoms with E-state index in [4.69, 9.17) is 4.42 Å². The fourth-order valence-electron chi connectivity index (χ4n) is 3.46. The number of aryl methyl sites for hydroxylation is 3. The molecule has 0 spiro atoms. The van der Waals surface area contributed by atoms with Gasteiger partial charge in [0.25, 0.3) is 5.91 Å². The number of aliphatic hydroxyl groups excluding tert-OH is 1. The molecule has 3 heterocycles. The maximum absolute atomic E-state index is 13.8. The summed E-state index contributed by atoms with van der Waals surface area (Å²) in [5, 5.41) is 11.3. The quantitative estimate of drug-likeness (QED) is 0.634. The second-order valence-corrected chi connectivity index (χ2v) is 7.95. The minimum absolute atomic E-state index is 0.111. The molecule has 1 aliphatic heterocycles. The zero-order valence-corrected chi connectivity index (χ0v) is 16.7. The van der Waals surface area contributed by atoms with Crippen LogP contribution in [0.3, 0.4) is 0 Å². The predicted molar refractivity (Wildman–Crippen MR) is 106 cm³/mol. The number of hydrogen-bond donors (Lipinski definition) is 1. The number of rotatable bonds is 4. The van der Waals surface area contributed by atoms with Crippen molar-refractivity contribution >= 4 is 28.7 Å². The van der Waals surface area contributed by atoms with Crippen molar-refractivity contribution in [2.24, 2.45) is 0 Å². The molecule has 0 aliphatic carbocycles. The lowest BCUT2D eigenvalue weighted by atomic mass is 9.99. The van der Waals surface area contributed by atoms with Crippen molar-refractivity contribution in [2.45, 2.75) is 26.8 Å². The number of furan rings is 1. The Balaban J connectivity index is 1.89. The zero-order valence-electron chi connectivity index (χ0n) is 15.9. The number of nitrogens with zero attached hydrogens (tertiary/aromatic N) is 2. The summed E-state index contributed by atoms with van der Waals surface area (Å²) in [7, 11) is 0. The van der Waals surface area contributed by atoms with Crippen molar-refractivity contribution in [3.8, 4) is 0 Å². The molecule has 3 aromatic rings. The lowest BCUT2D eigenvalue weighted by Crippen LogP contribution is -2.30. The highest BCUT2D eigenvalue weighted by Gasteiger charge is 2.46. The molecular weight excluding hydrogens is 395 g/mol. The number of amides is 1. The summed E-state index contributed by atoms with van der Waals surface area (Å²) in [5.74, 6) is -1.64. The Kier molecular flexibility index (Phi) is 4.58. The molecule has 0 fully saturated rings. The smallest absolute Gasteiger partial charge is 0.294 e. The van der Waals surface area contributed by atoms with Crippen LogP contribution in [-0.2, 0) is 4.79 Å². The molecule has 29 heavy (non-hydrogen) atoms. The number of carbonyl (C=O) groups excluding carboxylic acids is 2. The topological polar surface area (TPSA) is 83.6 Å². The Morgan fingerprint density at radius 2 is 2.00 bits per heavy atom. The first-order valence-electron chi connectivity index (χ1n) is 8.85. The van der Waals surface area contributed by atoms with Gasteiger partial charge in [-0.05, 0) is 51.1 Å². The minimum Gasteiger partial charge on any atom is -0.503 e. The predicted octanol–water partition coefficient (Wildman–Crippen LogP) is 4.58. The number of aliphatic hydroxyl groups is 1. The monoisotopic (exact) mass is 412 g/mol. The molecule has 1 aromatic carbocycles. The van der Waals surface area contributed by atoms with E-state index in [-0.39, 0.29) is 11.3 Å². The normalized spacial score (nSPS) is 16.8. The number of thiazole rings is 1. The lowest BCUT2D eigenvalue weighted by Gasteiger charge is -2.25. The van der Waals surface area contributed by atoms with E-state index in [1.165, 1.54) is 40.5 Å². The van der Waals surface area contributed by atoms with Crippen LogP contribution < -0.4 is 4.90 Å². The van der Waals surface area contributed by atoms with E-state index in [1.807, 2.05) is 0 Å². The third-order valence-electron chi connectivity index (χ3n) is 4.68. The van der Waals surface area contributed by atoms with Crippen molar-refractivity contribution in [1.29, 1.82) is 0 Å². The SMILES string of the molecule is Cc1ccc(C2C(C(=O)c3sc(C)nc3C)=C(O)C(=O)N2c2cccc(F)c2)o1. The van der Waals surface area contributed by atoms with Crippen molar-refractivity contribution in [2.75, 3.05) is 4.90 Å². The van der Waals surface area contributed by atoms with E-state index >= 15 is 0 Å². The van der Waals surface area contributed by atoms with E-state index in [9.17, 15) is 19.1 Å². The first-order chi connectivity index (χ1) is 13.8. The fraction of sp³-hybridized carbons (Fsp3) is 0.190. The molecule has 2 aromatic heterocycles. The molecule has 0 saturated heterocycles. The number of Topliss-reactive ketones (excluding diaryl/α,β-unsaturated/α-hetero) is 1. The molecule has 0 bridgehead atoms.